The molecule has 0 aromatic carbocycles. The maximum atomic E-state index is 8.39. The van der Waals surface area contributed by atoms with Crippen LogP contribution in [0.25, 0.3) is 0 Å². The molecule has 0 saturated heterocycles. The molecular weight excluding hydrogens is 130 g/mol. The van der Waals surface area contributed by atoms with Gasteiger partial charge in [-0.15, -0.1) is 0 Å². The zero-order valence-electron chi connectivity index (χ0n) is 6.09. The second-order valence-electron chi connectivity index (χ2n) is 2.51. The van der Waals surface area contributed by atoms with Gasteiger partial charge in [-0.2, -0.15) is 0 Å². The van der Waals surface area contributed by atoms with Crippen LogP contribution >= 0.6 is 0 Å². The molecule has 3 heteroatoms. The Bertz CT molecular complexity index is 205. The van der Waals surface area contributed by atoms with E-state index in [2.05, 4.69) is 13.8 Å². The molecule has 0 aliphatic carbocycles. The van der Waals surface area contributed by atoms with E-state index in [9.17, 15) is 0 Å². The Morgan fingerprint density at radius 2 is 2.30 bits per heavy atom. The molecule has 10 heavy (non-hydrogen) atoms. The first-order valence-corrected chi connectivity index (χ1v) is 3.22. The number of hydrogen-bond acceptors (Lipinski definition) is 3. The predicted molar refractivity (Wildman–Crippen MR) is 38.2 cm³/mol. The van der Waals surface area contributed by atoms with Gasteiger partial charge in [0.25, 0.3) is 0 Å². The summed E-state index contributed by atoms with van der Waals surface area (Å²) in [5, 5.41) is 8.39. The highest BCUT2D eigenvalue weighted by atomic mass is 16.5. The second-order valence-corrected chi connectivity index (χ2v) is 2.51. The molecule has 2 N–H and O–H groups in total. The average molecular weight is 141 g/mol. The number of anilines is 1. The van der Waals surface area contributed by atoms with Gasteiger partial charge in [0.15, 0.2) is 0 Å². The molecule has 0 spiro atoms. The summed E-state index contributed by atoms with van der Waals surface area (Å²) in [4.78, 5) is 0. The Labute approximate surface area is 59.6 Å². The Kier molecular flexibility index (Phi) is 1.97. The molecular formula is C7H11NO2. The van der Waals surface area contributed by atoms with Crippen LogP contribution in [0, 0.1) is 0 Å². The van der Waals surface area contributed by atoms with E-state index >= 15 is 0 Å². The number of furan rings is 1. The van der Waals surface area contributed by atoms with Gasteiger partial charge in [-0.3, -0.25) is 5.21 Å². The summed E-state index contributed by atoms with van der Waals surface area (Å²) < 4.78 is 4.91. The van der Waals surface area contributed by atoms with Crippen LogP contribution in [0.3, 0.4) is 0 Å². The topological polar surface area (TPSA) is 45.4 Å². The molecule has 0 amide bonds. The van der Waals surface area contributed by atoms with Crippen LogP contribution in [0.5, 0.6) is 0 Å². The Hall–Kier alpha value is -0.960. The molecule has 56 valence electrons. The number of nitrogens with one attached hydrogen (secondary N) is 1. The molecule has 3 nitrogen and oxygen atoms in total. The van der Waals surface area contributed by atoms with Crippen molar-refractivity contribution in [3.05, 3.63) is 17.9 Å². The van der Waals surface area contributed by atoms with Gasteiger partial charge >= 0.3 is 0 Å². The largest absolute Gasteiger partial charge is 0.447 e. The highest BCUT2D eigenvalue weighted by Crippen LogP contribution is 2.19. The molecule has 1 heterocycles. The van der Waals surface area contributed by atoms with E-state index in [-0.39, 0.29) is 0 Å². The Morgan fingerprint density at radius 3 is 2.60 bits per heavy atom. The minimum absolute atomic E-state index is 0.392. The Balaban J connectivity index is 2.78. The summed E-state index contributed by atoms with van der Waals surface area (Å²) in [6, 6.07) is 1.77. The zero-order valence-corrected chi connectivity index (χ0v) is 6.09. The monoisotopic (exact) mass is 141 g/mol. The van der Waals surface area contributed by atoms with Gasteiger partial charge in [-0.25, -0.2) is 5.48 Å². The molecule has 0 atom stereocenters. The third kappa shape index (κ3) is 1.30. The molecule has 0 aliphatic heterocycles. The van der Waals surface area contributed by atoms with E-state index in [0.717, 1.165) is 5.56 Å². The van der Waals surface area contributed by atoms with Gasteiger partial charge in [0.05, 0.1) is 6.26 Å². The standard InChI is InChI=1S/C7H11NO2/c1-5(2)6-3-7(8-9)10-4-6/h3-5,8-9H,1-2H3. The zero-order chi connectivity index (χ0) is 7.56. The van der Waals surface area contributed by atoms with E-state index in [1.54, 1.807) is 12.3 Å². The van der Waals surface area contributed by atoms with Gasteiger partial charge in [-0.1, -0.05) is 13.8 Å². The maximum Gasteiger partial charge on any atom is 0.216 e. The fourth-order valence-electron chi connectivity index (χ4n) is 0.712. The predicted octanol–water partition coefficient (Wildman–Crippen LogP) is 2.20. The van der Waals surface area contributed by atoms with E-state index in [1.807, 2.05) is 5.48 Å². The van der Waals surface area contributed by atoms with Crippen LogP contribution in [-0.2, 0) is 0 Å². The lowest BCUT2D eigenvalue weighted by Gasteiger charge is -1.95. The summed E-state index contributed by atoms with van der Waals surface area (Å²) in [5.74, 6) is 0.828. The molecule has 0 unspecified atom stereocenters. The van der Waals surface area contributed by atoms with Crippen molar-refractivity contribution in [1.82, 2.24) is 0 Å². The van der Waals surface area contributed by atoms with Crippen molar-refractivity contribution in [2.24, 2.45) is 0 Å². The molecule has 1 aromatic rings. The van der Waals surface area contributed by atoms with Crippen LogP contribution < -0.4 is 5.48 Å². The molecule has 1 aromatic heterocycles. The number of rotatable bonds is 2. The summed E-state index contributed by atoms with van der Waals surface area (Å²) in [7, 11) is 0. The molecule has 0 aliphatic rings. The van der Waals surface area contributed by atoms with Crippen LogP contribution in [0.15, 0.2) is 16.7 Å². The minimum atomic E-state index is 0.392. The van der Waals surface area contributed by atoms with E-state index in [4.69, 9.17) is 9.62 Å². The van der Waals surface area contributed by atoms with Crippen molar-refractivity contribution in [2.45, 2.75) is 19.8 Å². The van der Waals surface area contributed by atoms with Crippen LogP contribution in [0.2, 0.25) is 0 Å². The summed E-state index contributed by atoms with van der Waals surface area (Å²) in [5.41, 5.74) is 3.02. The van der Waals surface area contributed by atoms with Gasteiger partial charge in [0, 0.05) is 6.07 Å². The van der Waals surface area contributed by atoms with Gasteiger partial charge < -0.3 is 4.42 Å². The van der Waals surface area contributed by atoms with Crippen molar-refractivity contribution in [1.29, 1.82) is 0 Å². The SMILES string of the molecule is CC(C)c1coc(NO)c1. The van der Waals surface area contributed by atoms with Gasteiger partial charge in [0.1, 0.15) is 0 Å². The fraction of sp³-hybridized carbons (Fsp3) is 0.429. The van der Waals surface area contributed by atoms with Gasteiger partial charge in [-0.05, 0) is 11.5 Å². The lowest BCUT2D eigenvalue weighted by molar-refractivity contribution is 0.362. The smallest absolute Gasteiger partial charge is 0.216 e. The normalized spacial score (nSPS) is 10.4. The van der Waals surface area contributed by atoms with Gasteiger partial charge in [0.2, 0.25) is 5.88 Å². The first kappa shape index (κ1) is 7.15. The molecule has 0 bridgehead atoms. The quantitative estimate of drug-likeness (QED) is 0.620. The highest BCUT2D eigenvalue weighted by molar-refractivity contribution is 5.33. The fourth-order valence-corrected chi connectivity index (χ4v) is 0.712. The minimum Gasteiger partial charge on any atom is -0.447 e. The first-order valence-electron chi connectivity index (χ1n) is 3.22. The van der Waals surface area contributed by atoms with E-state index < -0.39 is 0 Å². The average Bonchev–Trinajstić information content (AvgIpc) is 2.34. The second kappa shape index (κ2) is 2.75. The lowest BCUT2D eigenvalue weighted by Crippen LogP contribution is -1.85. The van der Waals surface area contributed by atoms with E-state index in [0.29, 0.717) is 11.8 Å². The van der Waals surface area contributed by atoms with Crippen molar-refractivity contribution in [3.8, 4) is 0 Å². The van der Waals surface area contributed by atoms with Crippen LogP contribution in [0.1, 0.15) is 25.3 Å². The summed E-state index contributed by atoms with van der Waals surface area (Å²) in [6.45, 7) is 4.12. The molecule has 0 fully saturated rings. The maximum absolute atomic E-state index is 8.39. The Morgan fingerprint density at radius 1 is 1.60 bits per heavy atom. The van der Waals surface area contributed by atoms with E-state index in [1.165, 1.54) is 0 Å². The third-order valence-corrected chi connectivity index (χ3v) is 1.40. The van der Waals surface area contributed by atoms with Crippen LogP contribution in [-0.4, -0.2) is 5.21 Å². The third-order valence-electron chi connectivity index (χ3n) is 1.40. The van der Waals surface area contributed by atoms with Crippen molar-refractivity contribution in [2.75, 3.05) is 5.48 Å². The number of hydrogen-bond donors (Lipinski definition) is 2. The first-order chi connectivity index (χ1) is 4.74. The van der Waals surface area contributed by atoms with Crippen LogP contribution in [0.4, 0.5) is 5.88 Å². The highest BCUT2D eigenvalue weighted by Gasteiger charge is 2.02. The molecule has 0 radical (unpaired) electrons. The molecule has 0 saturated carbocycles. The molecule has 1 rings (SSSR count). The lowest BCUT2D eigenvalue weighted by atomic mass is 10.1. The summed E-state index contributed by atoms with van der Waals surface area (Å²) in [6.07, 6.45) is 1.63. The van der Waals surface area contributed by atoms with Crippen molar-refractivity contribution in [3.63, 3.8) is 0 Å². The van der Waals surface area contributed by atoms with Crippen molar-refractivity contribution >= 4 is 5.88 Å². The van der Waals surface area contributed by atoms with Crippen molar-refractivity contribution < 1.29 is 9.62 Å². The summed E-state index contributed by atoms with van der Waals surface area (Å²) >= 11 is 0.